The minimum atomic E-state index is -1.21. The molecule has 1 unspecified atom stereocenters. The maximum Gasteiger partial charge on any atom is 0.162 e. The molecule has 9 heteroatoms. The van der Waals surface area contributed by atoms with Crippen molar-refractivity contribution in [2.45, 2.75) is 42.5 Å². The highest BCUT2D eigenvalue weighted by Gasteiger charge is 2.51. The van der Waals surface area contributed by atoms with Gasteiger partial charge in [0.1, 0.15) is 37.0 Å². The van der Waals surface area contributed by atoms with Gasteiger partial charge in [0, 0.05) is 12.3 Å². The highest BCUT2D eigenvalue weighted by Crippen LogP contribution is 2.48. The predicted molar refractivity (Wildman–Crippen MR) is 123 cm³/mol. The van der Waals surface area contributed by atoms with Crippen LogP contribution in [0.2, 0.25) is 0 Å². The quantitative estimate of drug-likeness (QED) is 0.537. The van der Waals surface area contributed by atoms with Crippen LogP contribution < -0.4 is 5.73 Å². The highest BCUT2D eigenvalue weighted by molar-refractivity contribution is 6.47. The molecule has 1 aliphatic carbocycles. The highest BCUT2D eigenvalue weighted by atomic mass is 16.6. The lowest BCUT2D eigenvalue weighted by molar-refractivity contribution is -0.0688. The first-order valence-electron chi connectivity index (χ1n) is 11.0. The SMILES string of the molecule is NC1(CC2c3ccccc3-c3ccccc32)N=CN=C2C1=NCN2[C@@H]1O[C@H](CO)[C@@H](O)[C@H]1O. The van der Waals surface area contributed by atoms with E-state index in [4.69, 9.17) is 10.5 Å². The first-order chi connectivity index (χ1) is 16.0. The number of hydrogen-bond acceptors (Lipinski definition) is 9. The lowest BCUT2D eigenvalue weighted by Crippen LogP contribution is -2.56. The van der Waals surface area contributed by atoms with Gasteiger partial charge in [-0.2, -0.15) is 0 Å². The Hall–Kier alpha value is -2.95. The number of aliphatic hydroxyl groups is 3. The van der Waals surface area contributed by atoms with Crippen LogP contribution in [0, 0.1) is 0 Å². The van der Waals surface area contributed by atoms with E-state index in [2.05, 4.69) is 39.2 Å². The molecule has 0 saturated carbocycles. The second kappa shape index (κ2) is 7.54. The zero-order valence-corrected chi connectivity index (χ0v) is 17.8. The van der Waals surface area contributed by atoms with E-state index in [9.17, 15) is 15.3 Å². The zero-order valence-electron chi connectivity index (χ0n) is 17.8. The van der Waals surface area contributed by atoms with Crippen LogP contribution in [0.25, 0.3) is 11.1 Å². The van der Waals surface area contributed by atoms with E-state index in [1.54, 1.807) is 4.90 Å². The predicted octanol–water partition coefficient (Wildman–Crippen LogP) is 0.437. The van der Waals surface area contributed by atoms with E-state index in [0.717, 1.165) is 0 Å². The number of nitrogens with zero attached hydrogens (tertiary/aromatic N) is 4. The van der Waals surface area contributed by atoms with Gasteiger partial charge < -0.3 is 30.7 Å². The molecule has 1 saturated heterocycles. The average Bonchev–Trinajstić information content (AvgIpc) is 3.49. The fraction of sp³-hybridized carbons (Fsp3) is 0.375. The number of benzene rings is 2. The number of ether oxygens (including phenoxy) is 1. The van der Waals surface area contributed by atoms with Crippen LogP contribution in [0.15, 0.2) is 63.5 Å². The normalized spacial score (nSPS) is 32.4. The molecule has 5 N–H and O–H groups in total. The average molecular weight is 447 g/mol. The Morgan fingerprint density at radius 1 is 1.03 bits per heavy atom. The molecular formula is C24H25N5O4. The van der Waals surface area contributed by atoms with Crippen molar-refractivity contribution in [2.24, 2.45) is 20.7 Å². The molecule has 3 heterocycles. The minimum Gasteiger partial charge on any atom is -0.394 e. The summed E-state index contributed by atoms with van der Waals surface area (Å²) >= 11 is 0. The smallest absolute Gasteiger partial charge is 0.162 e. The molecule has 0 radical (unpaired) electrons. The summed E-state index contributed by atoms with van der Waals surface area (Å²) in [5, 5.41) is 30.1. The Bertz CT molecular complexity index is 1150. The second-order valence-corrected chi connectivity index (χ2v) is 8.90. The molecule has 3 aliphatic heterocycles. The summed E-state index contributed by atoms with van der Waals surface area (Å²) in [6.45, 7) is -0.230. The van der Waals surface area contributed by atoms with E-state index in [1.807, 2.05) is 24.3 Å². The van der Waals surface area contributed by atoms with Crippen LogP contribution in [0.1, 0.15) is 23.5 Å². The molecule has 0 spiro atoms. The molecule has 2 aromatic carbocycles. The van der Waals surface area contributed by atoms with E-state index in [0.29, 0.717) is 18.0 Å². The minimum absolute atomic E-state index is 0.0459. The van der Waals surface area contributed by atoms with Crippen LogP contribution in [0.3, 0.4) is 0 Å². The Balaban J connectivity index is 1.31. The van der Waals surface area contributed by atoms with Gasteiger partial charge in [-0.25, -0.2) is 9.98 Å². The van der Waals surface area contributed by atoms with Gasteiger partial charge in [-0.05, 0) is 22.3 Å². The molecule has 0 amide bonds. The van der Waals surface area contributed by atoms with Crippen molar-refractivity contribution in [3.8, 4) is 11.1 Å². The van der Waals surface area contributed by atoms with E-state index >= 15 is 0 Å². The van der Waals surface area contributed by atoms with E-state index < -0.39 is 36.8 Å². The molecule has 0 bridgehead atoms. The summed E-state index contributed by atoms with van der Waals surface area (Å²) < 4.78 is 5.70. The monoisotopic (exact) mass is 447 g/mol. The summed E-state index contributed by atoms with van der Waals surface area (Å²) in [7, 11) is 0. The summed E-state index contributed by atoms with van der Waals surface area (Å²) in [6.07, 6.45) is -2.24. The first-order valence-corrected chi connectivity index (χ1v) is 11.0. The summed E-state index contributed by atoms with van der Waals surface area (Å²) in [4.78, 5) is 15.3. The van der Waals surface area contributed by atoms with Crippen LogP contribution in [0.5, 0.6) is 0 Å². The third-order valence-electron chi connectivity index (χ3n) is 7.05. The topological polar surface area (TPSA) is 136 Å². The number of nitrogens with two attached hydrogens (primary N) is 1. The molecule has 1 fully saturated rings. The lowest BCUT2D eigenvalue weighted by atomic mass is 9.84. The van der Waals surface area contributed by atoms with Crippen molar-refractivity contribution in [3.63, 3.8) is 0 Å². The van der Waals surface area contributed by atoms with Crippen molar-refractivity contribution in [3.05, 3.63) is 59.7 Å². The molecule has 5 atom stereocenters. The van der Waals surface area contributed by atoms with E-state index in [1.165, 1.54) is 28.6 Å². The molecule has 170 valence electrons. The maximum atomic E-state index is 10.5. The maximum absolute atomic E-state index is 10.5. The van der Waals surface area contributed by atoms with Crippen molar-refractivity contribution in [1.82, 2.24) is 4.90 Å². The second-order valence-electron chi connectivity index (χ2n) is 8.90. The summed E-state index contributed by atoms with van der Waals surface area (Å²) in [6, 6.07) is 16.7. The Morgan fingerprint density at radius 3 is 2.33 bits per heavy atom. The molecule has 0 aromatic heterocycles. The Labute approximate surface area is 190 Å². The molecule has 2 aromatic rings. The number of fused-ring (bicyclic) bond motifs is 4. The van der Waals surface area contributed by atoms with Crippen molar-refractivity contribution in [2.75, 3.05) is 13.3 Å². The standard InChI is InChI=1S/C24H25N5O4/c25-24(9-17-15-7-3-1-5-13(15)14-6-2-4-8-16(14)17)21-22(26-11-28-24)29(12-27-21)23-20(32)19(31)18(10-30)33-23/h1-8,11,17-20,23,30-32H,9-10,12,25H2/t18-,19-,20-,23-,24?/m1/s1. The van der Waals surface area contributed by atoms with Gasteiger partial charge in [0.25, 0.3) is 0 Å². The van der Waals surface area contributed by atoms with Crippen molar-refractivity contribution in [1.29, 1.82) is 0 Å². The molecule has 33 heavy (non-hydrogen) atoms. The van der Waals surface area contributed by atoms with Crippen LogP contribution >= 0.6 is 0 Å². The number of amidine groups is 1. The van der Waals surface area contributed by atoms with E-state index in [-0.39, 0.29) is 12.6 Å². The lowest BCUT2D eigenvalue weighted by Gasteiger charge is -2.34. The van der Waals surface area contributed by atoms with Crippen LogP contribution in [0.4, 0.5) is 0 Å². The number of rotatable bonds is 4. The molecule has 4 aliphatic rings. The first kappa shape index (κ1) is 20.6. The third-order valence-corrected chi connectivity index (χ3v) is 7.05. The zero-order chi connectivity index (χ0) is 22.7. The molecular weight excluding hydrogens is 422 g/mol. The summed E-state index contributed by atoms with van der Waals surface area (Å²) in [5.74, 6) is 0.520. The number of aliphatic hydroxyl groups excluding tert-OH is 3. The van der Waals surface area contributed by atoms with Crippen LogP contribution in [-0.2, 0) is 4.74 Å². The van der Waals surface area contributed by atoms with Gasteiger partial charge >= 0.3 is 0 Å². The number of aliphatic imine (C=N–C) groups is 3. The molecule has 6 rings (SSSR count). The fourth-order valence-electron chi connectivity index (χ4n) is 5.41. The van der Waals surface area contributed by atoms with Gasteiger partial charge in [-0.3, -0.25) is 4.99 Å². The van der Waals surface area contributed by atoms with Gasteiger partial charge in [0.2, 0.25) is 0 Å². The summed E-state index contributed by atoms with van der Waals surface area (Å²) in [5.41, 5.74) is 11.1. The van der Waals surface area contributed by atoms with Gasteiger partial charge in [0.05, 0.1) is 6.61 Å². The van der Waals surface area contributed by atoms with Crippen molar-refractivity contribution >= 4 is 17.9 Å². The van der Waals surface area contributed by atoms with Gasteiger partial charge in [-0.1, -0.05) is 48.5 Å². The fourth-order valence-corrected chi connectivity index (χ4v) is 5.41. The van der Waals surface area contributed by atoms with Gasteiger partial charge in [-0.15, -0.1) is 0 Å². The third kappa shape index (κ3) is 3.01. The largest absolute Gasteiger partial charge is 0.394 e. The molecule has 9 nitrogen and oxygen atoms in total. The van der Waals surface area contributed by atoms with Crippen molar-refractivity contribution < 1.29 is 20.1 Å². The number of hydrogen-bond donors (Lipinski definition) is 4. The van der Waals surface area contributed by atoms with Gasteiger partial charge in [0.15, 0.2) is 17.7 Å². The Kier molecular flexibility index (Phi) is 4.72. The Morgan fingerprint density at radius 2 is 1.70 bits per heavy atom. The van der Waals surface area contributed by atoms with Crippen LogP contribution in [-0.4, -0.2) is 81.6 Å².